The van der Waals surface area contributed by atoms with Gasteiger partial charge in [-0.3, -0.25) is 4.98 Å². The lowest BCUT2D eigenvalue weighted by atomic mass is 10.2. The molecule has 0 saturated heterocycles. The van der Waals surface area contributed by atoms with Crippen molar-refractivity contribution < 1.29 is 0 Å². The Balaban J connectivity index is -0.000000207. The average Bonchev–Trinajstić information content (AvgIpc) is 2.27. The van der Waals surface area contributed by atoms with Gasteiger partial charge in [-0.15, -0.1) is 24.8 Å². The van der Waals surface area contributed by atoms with Crippen LogP contribution in [0.4, 0.5) is 0 Å². The van der Waals surface area contributed by atoms with Crippen LogP contribution in [0.15, 0.2) is 36.7 Å². The first-order valence-electron chi connectivity index (χ1n) is 5.79. The first-order valence-corrected chi connectivity index (χ1v) is 5.79. The van der Waals surface area contributed by atoms with E-state index in [0.29, 0.717) is 0 Å². The van der Waals surface area contributed by atoms with Crippen LogP contribution in [0.5, 0.6) is 0 Å². The zero-order valence-electron chi connectivity index (χ0n) is 11.1. The third-order valence-electron chi connectivity index (χ3n) is 2.02. The van der Waals surface area contributed by atoms with Crippen molar-refractivity contribution in [3.63, 3.8) is 0 Å². The molecule has 1 heterocycles. The summed E-state index contributed by atoms with van der Waals surface area (Å²) in [5.74, 6) is 0. The van der Waals surface area contributed by atoms with E-state index in [1.54, 1.807) is 6.20 Å². The molecule has 0 saturated carbocycles. The van der Waals surface area contributed by atoms with Gasteiger partial charge in [0, 0.05) is 12.4 Å². The molecule has 0 amide bonds. The van der Waals surface area contributed by atoms with Gasteiger partial charge in [0.25, 0.3) is 0 Å². The standard InChI is InChI=1S/C8H16.C6H7N.2ClH/c1-3-5-7-8-6-4-2;1-6-3-2-4-7-5-6;;/h3,5H,4,6-8H2,1-2H3;2-5H,1H3;2*1H. The van der Waals surface area contributed by atoms with Gasteiger partial charge >= 0.3 is 0 Å². The third-order valence-corrected chi connectivity index (χ3v) is 2.02. The maximum Gasteiger partial charge on any atom is 0.0297 e. The minimum absolute atomic E-state index is 0. The second kappa shape index (κ2) is 17.9. The van der Waals surface area contributed by atoms with Gasteiger partial charge in [-0.05, 0) is 38.3 Å². The van der Waals surface area contributed by atoms with Crippen LogP contribution in [-0.4, -0.2) is 4.98 Å². The number of unbranched alkanes of at least 4 members (excludes halogenated alkanes) is 3. The molecule has 3 heteroatoms. The Morgan fingerprint density at radius 1 is 1.24 bits per heavy atom. The molecule has 1 aromatic rings. The van der Waals surface area contributed by atoms with Crippen LogP contribution in [0, 0.1) is 6.92 Å². The molecule has 0 aromatic carbocycles. The zero-order chi connectivity index (χ0) is 11.4. The minimum Gasteiger partial charge on any atom is -0.264 e. The van der Waals surface area contributed by atoms with Gasteiger partial charge in [-0.2, -0.15) is 0 Å². The van der Waals surface area contributed by atoms with Crippen molar-refractivity contribution in [3.05, 3.63) is 42.2 Å². The first kappa shape index (κ1) is 21.7. The molecule has 0 atom stereocenters. The van der Waals surface area contributed by atoms with Gasteiger partial charge in [0.2, 0.25) is 0 Å². The summed E-state index contributed by atoms with van der Waals surface area (Å²) in [6.45, 7) is 6.33. The van der Waals surface area contributed by atoms with Crippen molar-refractivity contribution in [1.29, 1.82) is 0 Å². The number of nitrogens with zero attached hydrogens (tertiary/aromatic N) is 1. The van der Waals surface area contributed by atoms with E-state index in [2.05, 4.69) is 31.0 Å². The van der Waals surface area contributed by atoms with Crippen LogP contribution >= 0.6 is 24.8 Å². The van der Waals surface area contributed by atoms with E-state index in [4.69, 9.17) is 0 Å². The summed E-state index contributed by atoms with van der Waals surface area (Å²) in [5, 5.41) is 0. The molecule has 0 aliphatic heterocycles. The fourth-order valence-electron chi connectivity index (χ4n) is 1.13. The van der Waals surface area contributed by atoms with Crippen molar-refractivity contribution in [2.45, 2.75) is 46.5 Å². The van der Waals surface area contributed by atoms with Crippen LogP contribution in [0.25, 0.3) is 0 Å². The summed E-state index contributed by atoms with van der Waals surface area (Å²) >= 11 is 0. The van der Waals surface area contributed by atoms with Gasteiger partial charge in [-0.1, -0.05) is 38.0 Å². The highest BCUT2D eigenvalue weighted by atomic mass is 35.5. The number of aryl methyl sites for hydroxylation is 1. The lowest BCUT2D eigenvalue weighted by Gasteiger charge is -1.88. The molecule has 1 nitrogen and oxygen atoms in total. The Labute approximate surface area is 119 Å². The highest BCUT2D eigenvalue weighted by Gasteiger charge is 1.78. The summed E-state index contributed by atoms with van der Waals surface area (Å²) in [7, 11) is 0. The molecule has 0 radical (unpaired) electrons. The van der Waals surface area contributed by atoms with Crippen molar-refractivity contribution >= 4 is 24.8 Å². The van der Waals surface area contributed by atoms with E-state index in [1.165, 1.54) is 31.2 Å². The number of rotatable bonds is 4. The zero-order valence-corrected chi connectivity index (χ0v) is 12.7. The van der Waals surface area contributed by atoms with Crippen LogP contribution < -0.4 is 0 Å². The smallest absolute Gasteiger partial charge is 0.0297 e. The molecule has 1 rings (SSSR count). The Hall–Kier alpha value is -0.530. The van der Waals surface area contributed by atoms with E-state index in [0.717, 1.165) is 0 Å². The average molecular weight is 278 g/mol. The number of allylic oxidation sites excluding steroid dienone is 2. The normalized spacial score (nSPS) is 8.65. The van der Waals surface area contributed by atoms with Gasteiger partial charge in [0.15, 0.2) is 0 Å². The van der Waals surface area contributed by atoms with Crippen molar-refractivity contribution in [3.8, 4) is 0 Å². The summed E-state index contributed by atoms with van der Waals surface area (Å²) in [6, 6.07) is 3.95. The van der Waals surface area contributed by atoms with Crippen LogP contribution in [0.3, 0.4) is 0 Å². The predicted molar refractivity (Wildman–Crippen MR) is 82.4 cm³/mol. The Morgan fingerprint density at radius 3 is 2.29 bits per heavy atom. The number of aromatic nitrogens is 1. The molecular formula is C14H25Cl2N. The molecule has 0 unspecified atom stereocenters. The quantitative estimate of drug-likeness (QED) is 0.532. The summed E-state index contributed by atoms with van der Waals surface area (Å²) < 4.78 is 0. The second-order valence-corrected chi connectivity index (χ2v) is 3.60. The highest BCUT2D eigenvalue weighted by molar-refractivity contribution is 5.85. The van der Waals surface area contributed by atoms with Crippen molar-refractivity contribution in [2.75, 3.05) is 0 Å². The molecule has 0 aliphatic carbocycles. The molecule has 0 fully saturated rings. The van der Waals surface area contributed by atoms with E-state index < -0.39 is 0 Å². The largest absolute Gasteiger partial charge is 0.264 e. The lowest BCUT2D eigenvalue weighted by Crippen LogP contribution is -1.69. The molecule has 17 heavy (non-hydrogen) atoms. The lowest BCUT2D eigenvalue weighted by molar-refractivity contribution is 0.729. The molecule has 0 spiro atoms. The Bertz CT molecular complexity index is 248. The number of hydrogen-bond acceptors (Lipinski definition) is 1. The molecule has 100 valence electrons. The van der Waals surface area contributed by atoms with Gasteiger partial charge in [0.1, 0.15) is 0 Å². The number of pyridine rings is 1. The maximum absolute atomic E-state index is 3.88. The third kappa shape index (κ3) is 18.1. The molecule has 1 aromatic heterocycles. The van der Waals surface area contributed by atoms with E-state index in [-0.39, 0.29) is 24.8 Å². The summed E-state index contributed by atoms with van der Waals surface area (Å²) in [6.07, 6.45) is 13.3. The fourth-order valence-corrected chi connectivity index (χ4v) is 1.13. The van der Waals surface area contributed by atoms with Crippen molar-refractivity contribution in [2.24, 2.45) is 0 Å². The van der Waals surface area contributed by atoms with Gasteiger partial charge < -0.3 is 0 Å². The highest BCUT2D eigenvalue weighted by Crippen LogP contribution is 1.98. The molecular weight excluding hydrogens is 253 g/mol. The van der Waals surface area contributed by atoms with Crippen LogP contribution in [0.2, 0.25) is 0 Å². The van der Waals surface area contributed by atoms with Crippen molar-refractivity contribution in [1.82, 2.24) is 4.98 Å². The Kier molecular flexibility index (Phi) is 22.8. The summed E-state index contributed by atoms with van der Waals surface area (Å²) in [5.41, 5.74) is 1.21. The molecule has 0 aliphatic rings. The first-order chi connectivity index (χ1) is 7.31. The monoisotopic (exact) mass is 277 g/mol. The summed E-state index contributed by atoms with van der Waals surface area (Å²) in [4.78, 5) is 3.88. The van der Waals surface area contributed by atoms with E-state index in [1.807, 2.05) is 25.3 Å². The topological polar surface area (TPSA) is 12.9 Å². The predicted octanol–water partition coefficient (Wildman–Crippen LogP) is 5.38. The second-order valence-electron chi connectivity index (χ2n) is 3.60. The molecule has 0 N–H and O–H groups in total. The van der Waals surface area contributed by atoms with Gasteiger partial charge in [0.05, 0.1) is 0 Å². The van der Waals surface area contributed by atoms with Crippen LogP contribution in [0.1, 0.15) is 45.1 Å². The van der Waals surface area contributed by atoms with Gasteiger partial charge in [-0.25, -0.2) is 0 Å². The Morgan fingerprint density at radius 2 is 1.94 bits per heavy atom. The minimum atomic E-state index is 0. The van der Waals surface area contributed by atoms with E-state index >= 15 is 0 Å². The van der Waals surface area contributed by atoms with E-state index in [9.17, 15) is 0 Å². The van der Waals surface area contributed by atoms with Crippen LogP contribution in [-0.2, 0) is 0 Å². The SMILES string of the molecule is CC=CCCCCC.Cc1cccnc1.Cl.Cl. The number of hydrogen-bond donors (Lipinski definition) is 0. The maximum atomic E-state index is 3.88. The fraction of sp³-hybridized carbons (Fsp3) is 0.500. The molecule has 0 bridgehead atoms. The number of halogens is 2.